The molecule has 1 aliphatic heterocycles. The van der Waals surface area contributed by atoms with Crippen LogP contribution in [0.4, 0.5) is 4.79 Å². The van der Waals surface area contributed by atoms with Crippen LogP contribution < -0.4 is 10.6 Å². The van der Waals surface area contributed by atoms with Crippen LogP contribution in [-0.4, -0.2) is 53.1 Å². The number of imide groups is 1. The maximum Gasteiger partial charge on any atom is 0.325 e. The zero-order chi connectivity index (χ0) is 15.3. The van der Waals surface area contributed by atoms with Gasteiger partial charge in [0.25, 0.3) is 5.91 Å². The number of aliphatic hydroxyl groups is 1. The van der Waals surface area contributed by atoms with E-state index in [9.17, 15) is 14.4 Å². The minimum atomic E-state index is -0.811. The van der Waals surface area contributed by atoms with Gasteiger partial charge in [-0.15, -0.1) is 0 Å². The molecule has 7 heteroatoms. The number of nitrogens with one attached hydrogen (secondary N) is 2. The standard InChI is InChI=1S/C14H23N3O4/c18-9-8-15-11(19)10-17-12(20)14(16-13(17)21)6-4-2-1-3-5-7-14/h18H,1-10H2,(H,15,19)(H,16,21). The lowest BCUT2D eigenvalue weighted by molar-refractivity contribution is -0.135. The van der Waals surface area contributed by atoms with Crippen molar-refractivity contribution in [3.05, 3.63) is 0 Å². The van der Waals surface area contributed by atoms with E-state index in [1.54, 1.807) is 0 Å². The SMILES string of the molecule is O=C(CN1C(=O)NC2(CCCCCCC2)C1=O)NCCO. The van der Waals surface area contributed by atoms with Crippen molar-refractivity contribution in [1.82, 2.24) is 15.5 Å². The van der Waals surface area contributed by atoms with E-state index in [4.69, 9.17) is 5.11 Å². The van der Waals surface area contributed by atoms with E-state index >= 15 is 0 Å². The molecule has 1 spiro atoms. The molecule has 0 aromatic carbocycles. The number of urea groups is 1. The van der Waals surface area contributed by atoms with Crippen molar-refractivity contribution >= 4 is 17.8 Å². The first kappa shape index (κ1) is 15.8. The summed E-state index contributed by atoms with van der Waals surface area (Å²) in [6, 6.07) is -0.486. The van der Waals surface area contributed by atoms with Gasteiger partial charge in [-0.2, -0.15) is 0 Å². The van der Waals surface area contributed by atoms with Crippen LogP contribution in [-0.2, 0) is 9.59 Å². The summed E-state index contributed by atoms with van der Waals surface area (Å²) in [5.41, 5.74) is -0.811. The Bertz CT molecular complexity index is 416. The number of hydrogen-bond acceptors (Lipinski definition) is 4. The second kappa shape index (κ2) is 6.89. The summed E-state index contributed by atoms with van der Waals surface area (Å²) < 4.78 is 0. The number of hydrogen-bond donors (Lipinski definition) is 3. The number of carbonyl (C=O) groups is 3. The van der Waals surface area contributed by atoms with Crippen LogP contribution in [0.25, 0.3) is 0 Å². The average Bonchev–Trinajstić information content (AvgIpc) is 2.66. The molecular weight excluding hydrogens is 274 g/mol. The molecule has 7 nitrogen and oxygen atoms in total. The summed E-state index contributed by atoms with van der Waals surface area (Å²) >= 11 is 0. The molecule has 2 fully saturated rings. The third kappa shape index (κ3) is 3.53. The summed E-state index contributed by atoms with van der Waals surface area (Å²) in [7, 11) is 0. The first-order chi connectivity index (χ1) is 10.1. The van der Waals surface area contributed by atoms with Crippen LogP contribution in [0.2, 0.25) is 0 Å². The van der Waals surface area contributed by atoms with Crippen molar-refractivity contribution in [2.45, 2.75) is 50.5 Å². The Morgan fingerprint density at radius 1 is 1.19 bits per heavy atom. The number of rotatable bonds is 4. The van der Waals surface area contributed by atoms with E-state index in [1.165, 1.54) is 6.42 Å². The van der Waals surface area contributed by atoms with Gasteiger partial charge >= 0.3 is 6.03 Å². The molecule has 1 saturated heterocycles. The van der Waals surface area contributed by atoms with Gasteiger partial charge < -0.3 is 15.7 Å². The zero-order valence-corrected chi connectivity index (χ0v) is 12.2. The minimum Gasteiger partial charge on any atom is -0.395 e. The molecule has 0 radical (unpaired) electrons. The van der Waals surface area contributed by atoms with Crippen LogP contribution in [0.1, 0.15) is 44.9 Å². The molecule has 3 N–H and O–H groups in total. The molecular formula is C14H23N3O4. The van der Waals surface area contributed by atoms with Gasteiger partial charge in [-0.1, -0.05) is 32.1 Å². The molecule has 1 aliphatic carbocycles. The Morgan fingerprint density at radius 2 is 1.81 bits per heavy atom. The van der Waals surface area contributed by atoms with Crippen molar-refractivity contribution < 1.29 is 19.5 Å². The maximum absolute atomic E-state index is 12.6. The Labute approximate surface area is 124 Å². The van der Waals surface area contributed by atoms with E-state index in [-0.39, 0.29) is 25.6 Å². The molecule has 1 heterocycles. The van der Waals surface area contributed by atoms with Gasteiger partial charge in [-0.25, -0.2) is 4.79 Å². The summed E-state index contributed by atoms with van der Waals surface area (Å²) in [5.74, 6) is -0.719. The molecule has 1 saturated carbocycles. The van der Waals surface area contributed by atoms with E-state index < -0.39 is 17.5 Å². The van der Waals surface area contributed by atoms with Gasteiger partial charge in [0.2, 0.25) is 5.91 Å². The lowest BCUT2D eigenvalue weighted by Crippen LogP contribution is -2.48. The minimum absolute atomic E-state index is 0.119. The summed E-state index contributed by atoms with van der Waals surface area (Å²) in [6.07, 6.45) is 6.43. The Hall–Kier alpha value is -1.63. The second-order valence-electron chi connectivity index (χ2n) is 5.74. The second-order valence-corrected chi connectivity index (χ2v) is 5.74. The lowest BCUT2D eigenvalue weighted by Gasteiger charge is -2.28. The molecule has 0 atom stereocenters. The molecule has 0 aromatic rings. The molecule has 21 heavy (non-hydrogen) atoms. The van der Waals surface area contributed by atoms with E-state index in [0.29, 0.717) is 12.8 Å². The fraction of sp³-hybridized carbons (Fsp3) is 0.786. The van der Waals surface area contributed by atoms with Gasteiger partial charge in [-0.05, 0) is 12.8 Å². The smallest absolute Gasteiger partial charge is 0.325 e. The number of amides is 4. The highest BCUT2D eigenvalue weighted by atomic mass is 16.3. The van der Waals surface area contributed by atoms with Crippen molar-refractivity contribution in [2.24, 2.45) is 0 Å². The summed E-state index contributed by atoms with van der Waals surface area (Å²) in [5, 5.41) is 13.9. The van der Waals surface area contributed by atoms with Crippen molar-refractivity contribution in [3.8, 4) is 0 Å². The normalized spacial score (nSPS) is 21.9. The van der Waals surface area contributed by atoms with Crippen LogP contribution in [0.5, 0.6) is 0 Å². The predicted molar refractivity (Wildman–Crippen MR) is 75.4 cm³/mol. The van der Waals surface area contributed by atoms with Crippen LogP contribution in [0.3, 0.4) is 0 Å². The first-order valence-electron chi connectivity index (χ1n) is 7.61. The first-order valence-corrected chi connectivity index (χ1v) is 7.61. The van der Waals surface area contributed by atoms with Crippen LogP contribution in [0.15, 0.2) is 0 Å². The molecule has 2 aliphatic rings. The third-order valence-corrected chi connectivity index (χ3v) is 4.19. The molecule has 2 rings (SSSR count). The summed E-state index contributed by atoms with van der Waals surface area (Å²) in [4.78, 5) is 37.3. The van der Waals surface area contributed by atoms with Gasteiger partial charge in [0.15, 0.2) is 0 Å². The molecule has 4 amide bonds. The Balaban J connectivity index is 2.02. The molecule has 0 aromatic heterocycles. The van der Waals surface area contributed by atoms with Gasteiger partial charge in [-0.3, -0.25) is 14.5 Å². The molecule has 0 unspecified atom stereocenters. The van der Waals surface area contributed by atoms with Gasteiger partial charge in [0, 0.05) is 6.54 Å². The fourth-order valence-electron chi connectivity index (χ4n) is 3.06. The highest BCUT2D eigenvalue weighted by Gasteiger charge is 2.50. The average molecular weight is 297 g/mol. The fourth-order valence-corrected chi connectivity index (χ4v) is 3.06. The van der Waals surface area contributed by atoms with E-state index in [2.05, 4.69) is 10.6 Å². The number of aliphatic hydroxyl groups excluding tert-OH is 1. The van der Waals surface area contributed by atoms with E-state index in [1.807, 2.05) is 0 Å². The van der Waals surface area contributed by atoms with Crippen molar-refractivity contribution in [1.29, 1.82) is 0 Å². The molecule has 118 valence electrons. The highest BCUT2D eigenvalue weighted by Crippen LogP contribution is 2.31. The predicted octanol–water partition coefficient (Wildman–Crippen LogP) is 0.130. The largest absolute Gasteiger partial charge is 0.395 e. The van der Waals surface area contributed by atoms with Crippen LogP contribution in [0, 0.1) is 0 Å². The van der Waals surface area contributed by atoms with Crippen molar-refractivity contribution in [2.75, 3.05) is 19.7 Å². The monoisotopic (exact) mass is 297 g/mol. The van der Waals surface area contributed by atoms with Gasteiger partial charge in [0.05, 0.1) is 6.61 Å². The number of nitrogens with zero attached hydrogens (tertiary/aromatic N) is 1. The van der Waals surface area contributed by atoms with Gasteiger partial charge in [0.1, 0.15) is 12.1 Å². The lowest BCUT2D eigenvalue weighted by atomic mass is 9.84. The quantitative estimate of drug-likeness (QED) is 0.642. The zero-order valence-electron chi connectivity index (χ0n) is 12.2. The van der Waals surface area contributed by atoms with Crippen LogP contribution >= 0.6 is 0 Å². The third-order valence-electron chi connectivity index (χ3n) is 4.19. The summed E-state index contributed by atoms with van der Waals surface area (Å²) in [6.45, 7) is -0.337. The van der Waals surface area contributed by atoms with Crippen molar-refractivity contribution in [3.63, 3.8) is 0 Å². The Morgan fingerprint density at radius 3 is 2.43 bits per heavy atom. The number of carbonyl (C=O) groups excluding carboxylic acids is 3. The molecule has 0 bridgehead atoms. The highest BCUT2D eigenvalue weighted by molar-refractivity contribution is 6.09. The maximum atomic E-state index is 12.6. The topological polar surface area (TPSA) is 98.7 Å². The van der Waals surface area contributed by atoms with E-state index in [0.717, 1.165) is 30.6 Å². The Kier molecular flexibility index (Phi) is 5.17.